The fourth-order valence-corrected chi connectivity index (χ4v) is 14.9. The van der Waals surface area contributed by atoms with Crippen LogP contribution in [0.25, 0.3) is 0 Å². The van der Waals surface area contributed by atoms with Crippen molar-refractivity contribution in [3.05, 3.63) is 0 Å². The Kier molecular flexibility index (Phi) is 9.36. The van der Waals surface area contributed by atoms with Crippen LogP contribution < -0.4 is 0 Å². The van der Waals surface area contributed by atoms with Gasteiger partial charge in [-0.25, -0.2) is 0 Å². The van der Waals surface area contributed by atoms with Crippen LogP contribution in [0.2, 0.25) is 8.26 Å². The van der Waals surface area contributed by atoms with Crippen LogP contribution in [0.4, 0.5) is 0 Å². The Bertz CT molecular complexity index is 84.1. The number of unbranched alkanes of at least 4 members (excludes halogenated alkanes) is 2. The second kappa shape index (κ2) is 7.72. The van der Waals surface area contributed by atoms with Crippen molar-refractivity contribution in [3.8, 4) is 0 Å². The molecule has 68 valence electrons. The average Bonchev–Trinajstić information content (AvgIpc) is 1.97. The molecule has 0 aromatic heterocycles. The van der Waals surface area contributed by atoms with Gasteiger partial charge in [-0.2, -0.15) is 0 Å². The Balaban J connectivity index is 3.43. The Morgan fingerprint density at radius 3 is 1.55 bits per heavy atom. The maximum atomic E-state index is 2.82. The van der Waals surface area contributed by atoms with Crippen molar-refractivity contribution in [2.45, 2.75) is 47.8 Å². The van der Waals surface area contributed by atoms with Gasteiger partial charge in [0.05, 0.1) is 0 Å². The molecule has 0 aromatic rings. The average molecular weight is 459 g/mol. The Labute approximate surface area is 94.1 Å². The van der Waals surface area contributed by atoms with Gasteiger partial charge in [0.15, 0.2) is 0 Å². The predicted molar refractivity (Wildman–Crippen MR) is 67.5 cm³/mol. The molecule has 0 aliphatic rings. The zero-order valence-corrected chi connectivity index (χ0v) is 14.3. The topological polar surface area (TPSA) is 0 Å². The Hall–Kier alpha value is 2.34. The normalized spacial score (nSPS) is 12.0. The van der Waals surface area contributed by atoms with Crippen LogP contribution in [0.15, 0.2) is 0 Å². The molecule has 0 aliphatic heterocycles. The molecule has 0 saturated heterocycles. The van der Waals surface area contributed by atoms with Crippen LogP contribution in [-0.2, 0) is 11.9 Å². The van der Waals surface area contributed by atoms with E-state index in [1.165, 1.54) is 25.7 Å². The molecule has 0 amide bonds. The van der Waals surface area contributed by atoms with E-state index in [1.807, 2.05) is 0 Å². The van der Waals surface area contributed by atoms with E-state index in [1.54, 1.807) is 8.26 Å². The van der Waals surface area contributed by atoms with E-state index in [0.29, 0.717) is 0 Å². The van der Waals surface area contributed by atoms with E-state index < -0.39 is 11.9 Å². The van der Waals surface area contributed by atoms with Crippen LogP contribution in [0.5, 0.6) is 0 Å². The van der Waals surface area contributed by atoms with Crippen LogP contribution in [-0.4, -0.2) is 0 Å². The molecule has 11 heavy (non-hydrogen) atoms. The summed E-state index contributed by atoms with van der Waals surface area (Å²) in [6.45, 7) is 4.60. The summed E-state index contributed by atoms with van der Waals surface area (Å²) in [6, 6.07) is 0. The van der Waals surface area contributed by atoms with Crippen molar-refractivity contribution in [1.29, 1.82) is 0 Å². The first-order valence-corrected chi connectivity index (χ1v) is 22.6. The van der Waals surface area contributed by atoms with Gasteiger partial charge in [0, 0.05) is 0 Å². The summed E-state index contributed by atoms with van der Waals surface area (Å²) in [4.78, 5) is 0. The molecule has 0 unspecified atom stereocenters. The quantitative estimate of drug-likeness (QED) is 0.475. The fraction of sp³-hybridized carbons (Fsp3) is 1.00. The second-order valence-electron chi connectivity index (χ2n) is 3.06. The van der Waals surface area contributed by atoms with Crippen molar-refractivity contribution in [2.75, 3.05) is 0 Å². The molecule has 3 heteroatoms. The zero-order valence-electron chi connectivity index (χ0n) is 7.50. The summed E-state index contributed by atoms with van der Waals surface area (Å²) in [5.74, 6) is 0. The molecular formula is C8H18I2Zr. The van der Waals surface area contributed by atoms with Crippen LogP contribution >= 0.6 is 36.1 Å². The van der Waals surface area contributed by atoms with Gasteiger partial charge in [0.25, 0.3) is 0 Å². The third-order valence-corrected chi connectivity index (χ3v) is 19.9. The monoisotopic (exact) mass is 458 g/mol. The first-order chi connectivity index (χ1) is 5.12. The summed E-state index contributed by atoms with van der Waals surface area (Å²) in [6.07, 6.45) is 5.73. The molecule has 0 atom stereocenters. The predicted octanol–water partition coefficient (Wildman–Crippen LogP) is 5.28. The zero-order chi connectivity index (χ0) is 8.74. The molecule has 0 aliphatic carbocycles. The molecule has 0 spiro atoms. The van der Waals surface area contributed by atoms with E-state index >= 15 is 0 Å². The summed E-state index contributed by atoms with van der Waals surface area (Å²) < 4.78 is 3.18. The molecule has 0 rings (SSSR count). The van der Waals surface area contributed by atoms with Gasteiger partial charge < -0.3 is 0 Å². The first kappa shape index (κ1) is 13.3. The maximum absolute atomic E-state index is 2.82. The Morgan fingerprint density at radius 2 is 1.27 bits per heavy atom. The molecule has 0 bridgehead atoms. The van der Waals surface area contributed by atoms with E-state index in [9.17, 15) is 0 Å². The SMILES string of the molecule is CCC[CH2][Zr]([I])([I])[CH2]CCC. The molecular weight excluding hydrogens is 441 g/mol. The van der Waals surface area contributed by atoms with Gasteiger partial charge >= 0.3 is 95.8 Å². The van der Waals surface area contributed by atoms with Gasteiger partial charge in [-0.05, 0) is 0 Å². The minimum atomic E-state index is -1.50. The summed E-state index contributed by atoms with van der Waals surface area (Å²) >= 11 is 4.14. The third-order valence-electron chi connectivity index (χ3n) is 1.79. The number of rotatable bonds is 6. The van der Waals surface area contributed by atoms with Crippen LogP contribution in [0.3, 0.4) is 0 Å². The molecule has 0 radical (unpaired) electrons. The van der Waals surface area contributed by atoms with Gasteiger partial charge in [-0.1, -0.05) is 0 Å². The molecule has 0 N–H and O–H groups in total. The van der Waals surface area contributed by atoms with Crippen molar-refractivity contribution >= 4 is 36.1 Å². The fourth-order valence-electron chi connectivity index (χ4n) is 0.996. The number of hydrogen-bond acceptors (Lipinski definition) is 0. The van der Waals surface area contributed by atoms with Crippen molar-refractivity contribution in [3.63, 3.8) is 0 Å². The van der Waals surface area contributed by atoms with Crippen molar-refractivity contribution < 1.29 is 11.9 Å². The van der Waals surface area contributed by atoms with Crippen LogP contribution in [0, 0.1) is 0 Å². The van der Waals surface area contributed by atoms with E-state index in [0.717, 1.165) is 0 Å². The molecule has 0 saturated carbocycles. The Morgan fingerprint density at radius 1 is 0.909 bits per heavy atom. The van der Waals surface area contributed by atoms with E-state index in [2.05, 4.69) is 49.9 Å². The van der Waals surface area contributed by atoms with Gasteiger partial charge in [-0.15, -0.1) is 0 Å². The summed E-state index contributed by atoms with van der Waals surface area (Å²) in [5.41, 5.74) is 0. The van der Waals surface area contributed by atoms with Crippen LogP contribution in [0.1, 0.15) is 39.5 Å². The first-order valence-electron chi connectivity index (χ1n) is 4.50. The number of hydrogen-bond donors (Lipinski definition) is 0. The summed E-state index contributed by atoms with van der Waals surface area (Å²) in [7, 11) is 0. The van der Waals surface area contributed by atoms with Gasteiger partial charge in [0.1, 0.15) is 0 Å². The van der Waals surface area contributed by atoms with Gasteiger partial charge in [-0.3, -0.25) is 0 Å². The van der Waals surface area contributed by atoms with Crippen molar-refractivity contribution in [1.82, 2.24) is 0 Å². The molecule has 0 nitrogen and oxygen atoms in total. The third kappa shape index (κ3) is 8.67. The molecule has 0 fully saturated rings. The van der Waals surface area contributed by atoms with Gasteiger partial charge in [0.2, 0.25) is 0 Å². The second-order valence-corrected chi connectivity index (χ2v) is 46.4. The number of halogens is 2. The molecule has 0 aromatic carbocycles. The van der Waals surface area contributed by atoms with E-state index in [4.69, 9.17) is 0 Å². The molecule has 0 heterocycles. The van der Waals surface area contributed by atoms with E-state index in [-0.39, 0.29) is 0 Å². The standard InChI is InChI=1S/2C4H9.2HI.Zr/c2*1-3-4-2;;;/h2*1,3-4H2,2H3;2*1H;/q;;;;+2/p-2. The van der Waals surface area contributed by atoms with Crippen molar-refractivity contribution in [2.24, 2.45) is 0 Å². The minimum absolute atomic E-state index is 1.39. The summed E-state index contributed by atoms with van der Waals surface area (Å²) in [5, 5.41) is 0.